The van der Waals surface area contributed by atoms with Crippen molar-refractivity contribution < 1.29 is 18.9 Å². The van der Waals surface area contributed by atoms with Crippen molar-refractivity contribution in [3.8, 4) is 0 Å². The van der Waals surface area contributed by atoms with Gasteiger partial charge in [0.2, 0.25) is 0 Å². The fourth-order valence-electron chi connectivity index (χ4n) is 0.712. The van der Waals surface area contributed by atoms with Gasteiger partial charge in [0.25, 0.3) is 5.97 Å². The van der Waals surface area contributed by atoms with E-state index in [-0.39, 0.29) is 0 Å². The second-order valence-electron chi connectivity index (χ2n) is 2.00. The first-order chi connectivity index (χ1) is 5.10. The van der Waals surface area contributed by atoms with E-state index in [4.69, 9.17) is 18.9 Å². The third-order valence-electron chi connectivity index (χ3n) is 1.33. The van der Waals surface area contributed by atoms with Crippen LogP contribution in [-0.4, -0.2) is 31.8 Å². The van der Waals surface area contributed by atoms with Crippen LogP contribution < -0.4 is 0 Å². The Hall–Kier alpha value is 0.270. The van der Waals surface area contributed by atoms with Crippen molar-refractivity contribution in [3.63, 3.8) is 0 Å². The molecule has 0 heterocycles. The lowest BCUT2D eigenvalue weighted by Crippen LogP contribution is -2.34. The topological polar surface area (TPSA) is 47.9 Å². The molecule has 0 saturated carbocycles. The second kappa shape index (κ2) is 5.01. The summed E-state index contributed by atoms with van der Waals surface area (Å²) in [6, 6.07) is 0. The Bertz CT molecular complexity index is 94.5. The summed E-state index contributed by atoms with van der Waals surface area (Å²) >= 11 is 0. The molecule has 0 bridgehead atoms. The molecule has 0 amide bonds. The predicted octanol–water partition coefficient (Wildman–Crippen LogP) is 1.29. The zero-order chi connectivity index (χ0) is 8.91. The number of hydrogen-bond donors (Lipinski definition) is 1. The maximum absolute atomic E-state index is 8.96. The smallest absolute Gasteiger partial charge is 0.287 e. The van der Waals surface area contributed by atoms with E-state index in [9.17, 15) is 0 Å². The molecule has 0 aliphatic rings. The zero-order valence-electron chi connectivity index (χ0n) is 7.33. The predicted molar refractivity (Wildman–Crippen MR) is 43.2 cm³/mol. The van der Waals surface area contributed by atoms with E-state index in [1.165, 1.54) is 14.2 Å². The Kier molecular flexibility index (Phi) is 5.13. The van der Waals surface area contributed by atoms with Crippen LogP contribution in [0.1, 0.15) is 13.3 Å². The monoisotopic (exact) mass is 182 g/mol. The number of ether oxygens (including phenoxy) is 2. The van der Waals surface area contributed by atoms with Crippen LogP contribution in [0, 0.1) is 0 Å². The van der Waals surface area contributed by atoms with Crippen molar-refractivity contribution in [2.45, 2.75) is 19.3 Å². The standard InChI is InChI=1S/C6H15O4P/c1-5-6(8-2,9-3)10-11(4)7/h7H,5H2,1-4H3. The molecule has 0 aromatic heterocycles. The van der Waals surface area contributed by atoms with Crippen molar-refractivity contribution in [2.24, 2.45) is 0 Å². The molecule has 0 radical (unpaired) electrons. The highest BCUT2D eigenvalue weighted by atomic mass is 31.2. The van der Waals surface area contributed by atoms with Crippen LogP contribution in [0.5, 0.6) is 0 Å². The summed E-state index contributed by atoms with van der Waals surface area (Å²) in [7, 11) is 1.50. The Morgan fingerprint density at radius 1 is 1.36 bits per heavy atom. The summed E-state index contributed by atoms with van der Waals surface area (Å²) in [5, 5.41) is 0. The van der Waals surface area contributed by atoms with Crippen LogP contribution in [0.25, 0.3) is 0 Å². The van der Waals surface area contributed by atoms with E-state index in [1.54, 1.807) is 6.66 Å². The zero-order valence-corrected chi connectivity index (χ0v) is 8.22. The summed E-state index contributed by atoms with van der Waals surface area (Å²) < 4.78 is 15.0. The van der Waals surface area contributed by atoms with Crippen molar-refractivity contribution in [1.82, 2.24) is 0 Å². The van der Waals surface area contributed by atoms with E-state index in [0.717, 1.165) is 0 Å². The van der Waals surface area contributed by atoms with E-state index >= 15 is 0 Å². The number of methoxy groups -OCH3 is 2. The molecule has 0 rings (SSSR count). The second-order valence-corrected chi connectivity index (χ2v) is 3.11. The van der Waals surface area contributed by atoms with Crippen LogP contribution in [0.4, 0.5) is 0 Å². The fourth-order valence-corrected chi connectivity index (χ4v) is 1.39. The highest BCUT2D eigenvalue weighted by Gasteiger charge is 2.30. The minimum Gasteiger partial charge on any atom is -0.350 e. The van der Waals surface area contributed by atoms with Gasteiger partial charge in [-0.2, -0.15) is 0 Å². The third kappa shape index (κ3) is 3.45. The minimum absolute atomic E-state index is 0.535. The molecule has 1 unspecified atom stereocenters. The lowest BCUT2D eigenvalue weighted by molar-refractivity contribution is -0.322. The molecule has 68 valence electrons. The normalized spacial score (nSPS) is 15.0. The van der Waals surface area contributed by atoms with Crippen molar-refractivity contribution in [3.05, 3.63) is 0 Å². The molecule has 5 heteroatoms. The van der Waals surface area contributed by atoms with Gasteiger partial charge in [-0.25, -0.2) is 0 Å². The van der Waals surface area contributed by atoms with Gasteiger partial charge in [-0.1, -0.05) is 6.92 Å². The Morgan fingerprint density at radius 2 is 1.82 bits per heavy atom. The summed E-state index contributed by atoms with van der Waals surface area (Å²) in [6.45, 7) is 3.42. The average Bonchev–Trinajstić information content (AvgIpc) is 2.00. The third-order valence-corrected chi connectivity index (χ3v) is 1.87. The molecule has 4 nitrogen and oxygen atoms in total. The number of hydrogen-bond acceptors (Lipinski definition) is 4. The quantitative estimate of drug-likeness (QED) is 0.514. The molecule has 0 aliphatic heterocycles. The Labute approximate surface area is 68.4 Å². The van der Waals surface area contributed by atoms with Crippen LogP contribution in [-0.2, 0) is 14.0 Å². The molecule has 11 heavy (non-hydrogen) atoms. The molecule has 0 aromatic rings. The Morgan fingerprint density at radius 3 is 1.91 bits per heavy atom. The van der Waals surface area contributed by atoms with Crippen LogP contribution in [0.3, 0.4) is 0 Å². The van der Waals surface area contributed by atoms with Gasteiger partial charge in [0.05, 0.1) is 0 Å². The summed E-state index contributed by atoms with van der Waals surface area (Å²) in [6.07, 6.45) is 0.535. The summed E-state index contributed by atoms with van der Waals surface area (Å²) in [5.41, 5.74) is 0. The maximum Gasteiger partial charge on any atom is 0.287 e. The van der Waals surface area contributed by atoms with Gasteiger partial charge < -0.3 is 14.4 Å². The van der Waals surface area contributed by atoms with Gasteiger partial charge in [0, 0.05) is 27.3 Å². The first-order valence-corrected chi connectivity index (χ1v) is 4.98. The van der Waals surface area contributed by atoms with E-state index in [0.29, 0.717) is 6.42 Å². The molecule has 1 atom stereocenters. The molecule has 0 saturated heterocycles. The molecule has 0 aromatic carbocycles. The molecular formula is C6H15O4P. The highest BCUT2D eigenvalue weighted by molar-refractivity contribution is 7.45. The maximum atomic E-state index is 8.96. The van der Waals surface area contributed by atoms with E-state index in [2.05, 4.69) is 0 Å². The molecule has 0 fully saturated rings. The fraction of sp³-hybridized carbons (Fsp3) is 1.00. The van der Waals surface area contributed by atoms with E-state index in [1.807, 2.05) is 6.92 Å². The Balaban J connectivity index is 4.05. The van der Waals surface area contributed by atoms with Crippen molar-refractivity contribution in [1.29, 1.82) is 0 Å². The van der Waals surface area contributed by atoms with Crippen LogP contribution in [0.15, 0.2) is 0 Å². The van der Waals surface area contributed by atoms with Crippen LogP contribution in [0.2, 0.25) is 0 Å². The molecule has 0 spiro atoms. The lowest BCUT2D eigenvalue weighted by atomic mass is 10.4. The van der Waals surface area contributed by atoms with Gasteiger partial charge in [-0.15, -0.1) is 0 Å². The average molecular weight is 182 g/mol. The van der Waals surface area contributed by atoms with Gasteiger partial charge in [-0.05, 0) is 0 Å². The minimum atomic E-state index is -1.46. The SMILES string of the molecule is CCC(OC)(OC)OP(C)O. The van der Waals surface area contributed by atoms with Gasteiger partial charge in [0.15, 0.2) is 8.38 Å². The van der Waals surface area contributed by atoms with Gasteiger partial charge in [0.1, 0.15) is 0 Å². The largest absolute Gasteiger partial charge is 0.350 e. The number of rotatable bonds is 5. The summed E-state index contributed by atoms with van der Waals surface area (Å²) in [5.74, 6) is -1.07. The van der Waals surface area contributed by atoms with Gasteiger partial charge >= 0.3 is 0 Å². The highest BCUT2D eigenvalue weighted by Crippen LogP contribution is 2.35. The molecular weight excluding hydrogens is 167 g/mol. The van der Waals surface area contributed by atoms with E-state index < -0.39 is 14.3 Å². The molecule has 0 aliphatic carbocycles. The van der Waals surface area contributed by atoms with Crippen LogP contribution >= 0.6 is 8.38 Å². The lowest BCUT2D eigenvalue weighted by Gasteiger charge is -2.29. The van der Waals surface area contributed by atoms with Crippen molar-refractivity contribution in [2.75, 3.05) is 20.9 Å². The summed E-state index contributed by atoms with van der Waals surface area (Å²) in [4.78, 5) is 8.96. The van der Waals surface area contributed by atoms with Gasteiger partial charge in [-0.3, -0.25) is 4.52 Å². The molecule has 1 N–H and O–H groups in total. The first-order valence-electron chi connectivity index (χ1n) is 3.32. The van der Waals surface area contributed by atoms with Crippen molar-refractivity contribution >= 4 is 8.38 Å². The first kappa shape index (κ1) is 11.3.